The van der Waals surface area contributed by atoms with Gasteiger partial charge in [0.15, 0.2) is 4.77 Å². The van der Waals surface area contributed by atoms with Crippen molar-refractivity contribution >= 4 is 23.3 Å². The molecule has 2 heterocycles. The van der Waals surface area contributed by atoms with Crippen molar-refractivity contribution in [3.05, 3.63) is 46.5 Å². The van der Waals surface area contributed by atoms with Gasteiger partial charge in [-0.3, -0.25) is 4.68 Å². The van der Waals surface area contributed by atoms with Gasteiger partial charge in [0.25, 0.3) is 0 Å². The Bertz CT molecular complexity index is 778. The van der Waals surface area contributed by atoms with E-state index in [9.17, 15) is 0 Å². The Balaban J connectivity index is 1.97. The standard InChI is InChI=1S/C14H16N4S/c1-10-4-3-5-12-13(10)16-14(19)18(12)9-7-11-6-8-15-17(11)2/h3-6,8H,7,9H2,1-2H3,(H,16,19). The minimum absolute atomic E-state index is 0.784. The van der Waals surface area contributed by atoms with Crippen molar-refractivity contribution in [3.8, 4) is 0 Å². The third-order valence-corrected chi connectivity index (χ3v) is 3.86. The van der Waals surface area contributed by atoms with Gasteiger partial charge in [0.1, 0.15) is 0 Å². The van der Waals surface area contributed by atoms with Crippen LogP contribution in [0.4, 0.5) is 0 Å². The van der Waals surface area contributed by atoms with Crippen LogP contribution in [0.25, 0.3) is 11.0 Å². The summed E-state index contributed by atoms with van der Waals surface area (Å²) in [6, 6.07) is 8.32. The first-order valence-corrected chi connectivity index (χ1v) is 6.72. The van der Waals surface area contributed by atoms with Gasteiger partial charge in [0.2, 0.25) is 0 Å². The lowest BCUT2D eigenvalue weighted by Crippen LogP contribution is -2.05. The molecule has 98 valence electrons. The highest BCUT2D eigenvalue weighted by Crippen LogP contribution is 2.18. The highest BCUT2D eigenvalue weighted by molar-refractivity contribution is 7.71. The summed E-state index contributed by atoms with van der Waals surface area (Å²) in [6.07, 6.45) is 2.75. The quantitative estimate of drug-likeness (QED) is 0.744. The largest absolute Gasteiger partial charge is 0.330 e. The Labute approximate surface area is 116 Å². The molecule has 0 unspecified atom stereocenters. The molecule has 0 aliphatic rings. The van der Waals surface area contributed by atoms with Crippen molar-refractivity contribution in [2.75, 3.05) is 0 Å². The van der Waals surface area contributed by atoms with E-state index in [0.717, 1.165) is 23.3 Å². The summed E-state index contributed by atoms with van der Waals surface area (Å²) >= 11 is 5.43. The Morgan fingerprint density at radius 2 is 2.16 bits per heavy atom. The van der Waals surface area contributed by atoms with Gasteiger partial charge in [-0.15, -0.1) is 0 Å². The first-order chi connectivity index (χ1) is 9.16. The highest BCUT2D eigenvalue weighted by atomic mass is 32.1. The van der Waals surface area contributed by atoms with Crippen molar-refractivity contribution in [3.63, 3.8) is 0 Å². The molecule has 19 heavy (non-hydrogen) atoms. The summed E-state index contributed by atoms with van der Waals surface area (Å²) in [6.45, 7) is 2.96. The number of H-pyrrole nitrogens is 1. The molecular weight excluding hydrogens is 256 g/mol. The van der Waals surface area contributed by atoms with Gasteiger partial charge in [-0.05, 0) is 36.8 Å². The molecule has 0 spiro atoms. The van der Waals surface area contributed by atoms with E-state index in [1.165, 1.54) is 16.8 Å². The maximum atomic E-state index is 5.43. The number of para-hydroxylation sites is 1. The number of benzene rings is 1. The van der Waals surface area contributed by atoms with Gasteiger partial charge >= 0.3 is 0 Å². The monoisotopic (exact) mass is 272 g/mol. The molecule has 0 atom stereocenters. The van der Waals surface area contributed by atoms with E-state index in [1.54, 1.807) is 0 Å². The Hall–Kier alpha value is -1.88. The van der Waals surface area contributed by atoms with Crippen LogP contribution >= 0.6 is 12.2 Å². The third-order valence-electron chi connectivity index (χ3n) is 3.53. The number of hydrogen-bond acceptors (Lipinski definition) is 2. The molecule has 0 saturated carbocycles. The fraction of sp³-hybridized carbons (Fsp3) is 0.286. The molecule has 1 aromatic carbocycles. The summed E-state index contributed by atoms with van der Waals surface area (Å²) in [5, 5.41) is 4.19. The van der Waals surface area contributed by atoms with Crippen LogP contribution in [0, 0.1) is 11.7 Å². The van der Waals surface area contributed by atoms with E-state index in [4.69, 9.17) is 12.2 Å². The second kappa shape index (κ2) is 4.66. The first-order valence-electron chi connectivity index (χ1n) is 6.32. The minimum atomic E-state index is 0.784. The minimum Gasteiger partial charge on any atom is -0.330 e. The topological polar surface area (TPSA) is 38.5 Å². The zero-order valence-electron chi connectivity index (χ0n) is 11.1. The summed E-state index contributed by atoms with van der Waals surface area (Å²) in [5.74, 6) is 0. The smallest absolute Gasteiger partial charge is 0.178 e. The average molecular weight is 272 g/mol. The van der Waals surface area contributed by atoms with Gasteiger partial charge in [0, 0.05) is 31.9 Å². The van der Waals surface area contributed by atoms with Crippen molar-refractivity contribution in [1.29, 1.82) is 0 Å². The van der Waals surface area contributed by atoms with Crippen molar-refractivity contribution in [2.24, 2.45) is 7.05 Å². The van der Waals surface area contributed by atoms with Crippen LogP contribution in [0.5, 0.6) is 0 Å². The molecular formula is C14H16N4S. The van der Waals surface area contributed by atoms with E-state index in [1.807, 2.05) is 24.0 Å². The van der Waals surface area contributed by atoms with E-state index in [2.05, 4.69) is 39.8 Å². The first kappa shape index (κ1) is 12.2. The van der Waals surface area contributed by atoms with E-state index in [0.29, 0.717) is 0 Å². The van der Waals surface area contributed by atoms with Crippen LogP contribution in [0.2, 0.25) is 0 Å². The fourth-order valence-electron chi connectivity index (χ4n) is 2.42. The van der Waals surface area contributed by atoms with Crippen molar-refractivity contribution in [2.45, 2.75) is 19.9 Å². The number of nitrogens with zero attached hydrogens (tertiary/aromatic N) is 3. The van der Waals surface area contributed by atoms with E-state index in [-0.39, 0.29) is 0 Å². The normalized spacial score (nSPS) is 11.3. The van der Waals surface area contributed by atoms with Gasteiger partial charge in [-0.25, -0.2) is 0 Å². The number of imidazole rings is 1. The lowest BCUT2D eigenvalue weighted by molar-refractivity contribution is 0.642. The average Bonchev–Trinajstić information content (AvgIpc) is 2.92. The maximum absolute atomic E-state index is 5.43. The molecule has 0 fully saturated rings. The van der Waals surface area contributed by atoms with Gasteiger partial charge in [0.05, 0.1) is 11.0 Å². The number of fused-ring (bicyclic) bond motifs is 1. The van der Waals surface area contributed by atoms with Gasteiger partial charge in [-0.2, -0.15) is 5.10 Å². The number of aromatic nitrogens is 4. The van der Waals surface area contributed by atoms with Gasteiger partial charge < -0.3 is 9.55 Å². The molecule has 3 rings (SSSR count). The van der Waals surface area contributed by atoms with Gasteiger partial charge in [-0.1, -0.05) is 12.1 Å². The van der Waals surface area contributed by atoms with Crippen LogP contribution < -0.4 is 0 Å². The zero-order chi connectivity index (χ0) is 13.4. The van der Waals surface area contributed by atoms with Crippen LogP contribution in [0.15, 0.2) is 30.5 Å². The third kappa shape index (κ3) is 2.10. The summed E-state index contributed by atoms with van der Waals surface area (Å²) in [5.41, 5.74) is 4.75. The molecule has 0 aliphatic carbocycles. The number of hydrogen-bond donors (Lipinski definition) is 1. The predicted molar refractivity (Wildman–Crippen MR) is 78.8 cm³/mol. The van der Waals surface area contributed by atoms with Crippen LogP contribution in [-0.4, -0.2) is 19.3 Å². The highest BCUT2D eigenvalue weighted by Gasteiger charge is 2.07. The Morgan fingerprint density at radius 1 is 1.32 bits per heavy atom. The maximum Gasteiger partial charge on any atom is 0.178 e. The van der Waals surface area contributed by atoms with Crippen molar-refractivity contribution < 1.29 is 0 Å². The number of aryl methyl sites for hydroxylation is 4. The second-order valence-electron chi connectivity index (χ2n) is 4.75. The molecule has 0 saturated heterocycles. The Kier molecular flexibility index (Phi) is 2.98. The number of aromatic amines is 1. The van der Waals surface area contributed by atoms with Crippen molar-refractivity contribution in [1.82, 2.24) is 19.3 Å². The molecule has 0 bridgehead atoms. The SMILES string of the molecule is Cc1cccc2c1[nH]c(=S)n2CCc1ccnn1C. The molecule has 4 nitrogen and oxygen atoms in total. The zero-order valence-corrected chi connectivity index (χ0v) is 11.9. The molecule has 0 aliphatic heterocycles. The lowest BCUT2D eigenvalue weighted by Gasteiger charge is -2.05. The van der Waals surface area contributed by atoms with Crippen LogP contribution in [-0.2, 0) is 20.0 Å². The summed E-state index contributed by atoms with van der Waals surface area (Å²) in [7, 11) is 1.97. The molecule has 2 aromatic heterocycles. The number of rotatable bonds is 3. The molecule has 1 N–H and O–H groups in total. The molecule has 5 heteroatoms. The predicted octanol–water partition coefficient (Wildman–Crippen LogP) is 2.98. The Morgan fingerprint density at radius 3 is 2.89 bits per heavy atom. The molecule has 0 radical (unpaired) electrons. The van der Waals surface area contributed by atoms with Crippen LogP contribution in [0.1, 0.15) is 11.3 Å². The summed E-state index contributed by atoms with van der Waals surface area (Å²) in [4.78, 5) is 3.30. The molecule has 3 aromatic rings. The lowest BCUT2D eigenvalue weighted by atomic mass is 10.2. The number of nitrogens with one attached hydrogen (secondary N) is 1. The summed E-state index contributed by atoms with van der Waals surface area (Å²) < 4.78 is 4.85. The van der Waals surface area contributed by atoms with E-state index >= 15 is 0 Å². The second-order valence-corrected chi connectivity index (χ2v) is 5.13. The van der Waals surface area contributed by atoms with E-state index < -0.39 is 0 Å². The van der Waals surface area contributed by atoms with Crippen LogP contribution in [0.3, 0.4) is 0 Å². The molecule has 0 amide bonds. The fourth-order valence-corrected chi connectivity index (χ4v) is 2.71.